The zero-order valence-corrected chi connectivity index (χ0v) is 9.35. The zero-order chi connectivity index (χ0) is 11.4. The molecule has 1 aliphatic heterocycles. The highest BCUT2D eigenvalue weighted by atomic mass is 16.5. The number of rotatable bonds is 2. The third-order valence-electron chi connectivity index (χ3n) is 2.49. The second-order valence-electron chi connectivity index (χ2n) is 3.74. The van der Waals surface area contributed by atoms with Gasteiger partial charge in [-0.25, -0.2) is 4.79 Å². The summed E-state index contributed by atoms with van der Waals surface area (Å²) in [5.74, 6) is 0. The van der Waals surface area contributed by atoms with E-state index in [2.05, 4.69) is 10.4 Å². The van der Waals surface area contributed by atoms with Crippen molar-refractivity contribution in [2.75, 3.05) is 26.3 Å². The minimum absolute atomic E-state index is 0.0473. The molecule has 2 heterocycles. The van der Waals surface area contributed by atoms with Crippen molar-refractivity contribution in [1.29, 1.82) is 0 Å². The fraction of sp³-hybridized carbons (Fsp3) is 0.600. The molecule has 1 aromatic heterocycles. The average molecular weight is 224 g/mol. The summed E-state index contributed by atoms with van der Waals surface area (Å²) in [5, 5.41) is 7.02. The van der Waals surface area contributed by atoms with Crippen LogP contribution in [0.25, 0.3) is 0 Å². The standard InChI is InChI=1S/C10H16N4O2/c1-13-3-2-9(12-13)8-11-10(15)14-4-6-16-7-5-14/h2-3H,4-8H2,1H3,(H,11,15). The van der Waals surface area contributed by atoms with Gasteiger partial charge in [0.2, 0.25) is 0 Å². The highest BCUT2D eigenvalue weighted by molar-refractivity contribution is 5.74. The van der Waals surface area contributed by atoms with Crippen molar-refractivity contribution in [3.8, 4) is 0 Å². The molecule has 88 valence electrons. The number of carbonyl (C=O) groups is 1. The Labute approximate surface area is 94.2 Å². The van der Waals surface area contributed by atoms with Crippen LogP contribution in [0.2, 0.25) is 0 Å². The number of hydrogen-bond donors (Lipinski definition) is 1. The molecule has 6 heteroatoms. The van der Waals surface area contributed by atoms with Gasteiger partial charge in [-0.1, -0.05) is 0 Å². The minimum Gasteiger partial charge on any atom is -0.378 e. The Morgan fingerprint density at radius 1 is 1.56 bits per heavy atom. The second kappa shape index (κ2) is 4.98. The largest absolute Gasteiger partial charge is 0.378 e. The quantitative estimate of drug-likeness (QED) is 0.767. The highest BCUT2D eigenvalue weighted by Crippen LogP contribution is 1.98. The van der Waals surface area contributed by atoms with Gasteiger partial charge in [0, 0.05) is 26.3 Å². The van der Waals surface area contributed by atoms with Crippen molar-refractivity contribution in [3.05, 3.63) is 18.0 Å². The summed E-state index contributed by atoms with van der Waals surface area (Å²) in [4.78, 5) is 13.5. The van der Waals surface area contributed by atoms with E-state index in [0.29, 0.717) is 32.8 Å². The van der Waals surface area contributed by atoms with Crippen LogP contribution in [0, 0.1) is 0 Å². The number of morpholine rings is 1. The van der Waals surface area contributed by atoms with Gasteiger partial charge in [-0.3, -0.25) is 4.68 Å². The summed E-state index contributed by atoms with van der Waals surface area (Å²) in [6.45, 7) is 3.03. The molecule has 0 atom stereocenters. The molecule has 16 heavy (non-hydrogen) atoms. The lowest BCUT2D eigenvalue weighted by atomic mass is 10.4. The maximum Gasteiger partial charge on any atom is 0.317 e. The first-order chi connectivity index (χ1) is 7.75. The van der Waals surface area contributed by atoms with Crippen LogP contribution in [-0.2, 0) is 18.3 Å². The molecule has 0 aromatic carbocycles. The average Bonchev–Trinajstić information content (AvgIpc) is 2.73. The summed E-state index contributed by atoms with van der Waals surface area (Å²) < 4.78 is 6.90. The number of aromatic nitrogens is 2. The molecule has 0 spiro atoms. The monoisotopic (exact) mass is 224 g/mol. The van der Waals surface area contributed by atoms with Gasteiger partial charge in [0.15, 0.2) is 0 Å². The molecule has 1 N–H and O–H groups in total. The van der Waals surface area contributed by atoms with E-state index in [1.807, 2.05) is 19.3 Å². The normalized spacial score (nSPS) is 16.2. The molecule has 0 unspecified atom stereocenters. The summed E-state index contributed by atoms with van der Waals surface area (Å²) in [7, 11) is 1.85. The van der Waals surface area contributed by atoms with Crippen molar-refractivity contribution >= 4 is 6.03 Å². The van der Waals surface area contributed by atoms with Crippen molar-refractivity contribution in [1.82, 2.24) is 20.0 Å². The van der Waals surface area contributed by atoms with Gasteiger partial charge in [0.1, 0.15) is 0 Å². The third-order valence-corrected chi connectivity index (χ3v) is 2.49. The molecule has 1 fully saturated rings. The predicted molar refractivity (Wildman–Crippen MR) is 57.8 cm³/mol. The molecule has 2 rings (SSSR count). The van der Waals surface area contributed by atoms with Crippen LogP contribution in [0.5, 0.6) is 0 Å². The Balaban J connectivity index is 1.78. The van der Waals surface area contributed by atoms with E-state index < -0.39 is 0 Å². The molecule has 1 aliphatic rings. The van der Waals surface area contributed by atoms with Gasteiger partial charge in [-0.05, 0) is 6.07 Å². The van der Waals surface area contributed by atoms with Crippen molar-refractivity contribution in [2.24, 2.45) is 7.05 Å². The molecule has 0 aliphatic carbocycles. The number of nitrogens with zero attached hydrogens (tertiary/aromatic N) is 3. The van der Waals surface area contributed by atoms with E-state index in [0.717, 1.165) is 5.69 Å². The first-order valence-electron chi connectivity index (χ1n) is 5.35. The summed E-state index contributed by atoms with van der Waals surface area (Å²) in [5.41, 5.74) is 0.865. The Morgan fingerprint density at radius 3 is 2.94 bits per heavy atom. The highest BCUT2D eigenvalue weighted by Gasteiger charge is 2.16. The van der Waals surface area contributed by atoms with Crippen molar-refractivity contribution in [2.45, 2.75) is 6.54 Å². The summed E-state index contributed by atoms with van der Waals surface area (Å²) >= 11 is 0. The molecular formula is C10H16N4O2. The predicted octanol–water partition coefficient (Wildman–Crippen LogP) is -0.0381. The first kappa shape index (κ1) is 10.9. The van der Waals surface area contributed by atoms with Crippen molar-refractivity contribution < 1.29 is 9.53 Å². The van der Waals surface area contributed by atoms with Crippen molar-refractivity contribution in [3.63, 3.8) is 0 Å². The summed E-state index contributed by atoms with van der Waals surface area (Å²) in [6, 6.07) is 1.84. The number of amides is 2. The molecule has 2 amide bonds. The molecule has 0 saturated carbocycles. The molecule has 1 aromatic rings. The lowest BCUT2D eigenvalue weighted by Crippen LogP contribution is -2.45. The van der Waals surface area contributed by atoms with Gasteiger partial charge >= 0.3 is 6.03 Å². The number of urea groups is 1. The Bertz CT molecular complexity index is 357. The second-order valence-corrected chi connectivity index (χ2v) is 3.74. The maximum atomic E-state index is 11.7. The van der Waals surface area contributed by atoms with Gasteiger partial charge in [0.05, 0.1) is 25.5 Å². The van der Waals surface area contributed by atoms with Crippen LogP contribution in [0.3, 0.4) is 0 Å². The number of hydrogen-bond acceptors (Lipinski definition) is 3. The fourth-order valence-electron chi connectivity index (χ4n) is 1.60. The molecular weight excluding hydrogens is 208 g/mol. The van der Waals surface area contributed by atoms with E-state index in [9.17, 15) is 4.79 Å². The Hall–Kier alpha value is -1.56. The van der Waals surface area contributed by atoms with Gasteiger partial charge in [-0.2, -0.15) is 5.10 Å². The first-order valence-corrected chi connectivity index (χ1v) is 5.35. The Kier molecular flexibility index (Phi) is 3.40. The minimum atomic E-state index is -0.0473. The molecule has 1 saturated heterocycles. The smallest absolute Gasteiger partial charge is 0.317 e. The molecule has 0 bridgehead atoms. The maximum absolute atomic E-state index is 11.7. The van der Waals surface area contributed by atoms with E-state index in [1.165, 1.54) is 0 Å². The third kappa shape index (κ3) is 2.73. The fourth-order valence-corrected chi connectivity index (χ4v) is 1.60. The number of nitrogens with one attached hydrogen (secondary N) is 1. The van der Waals surface area contributed by atoms with Gasteiger partial charge in [0.25, 0.3) is 0 Å². The topological polar surface area (TPSA) is 59.4 Å². The van der Waals surface area contributed by atoms with Crippen LogP contribution in [0.15, 0.2) is 12.3 Å². The van der Waals surface area contributed by atoms with Gasteiger partial charge in [-0.15, -0.1) is 0 Å². The zero-order valence-electron chi connectivity index (χ0n) is 9.35. The Morgan fingerprint density at radius 2 is 2.31 bits per heavy atom. The number of ether oxygens (including phenoxy) is 1. The van der Waals surface area contributed by atoms with E-state index in [4.69, 9.17) is 4.74 Å². The van der Waals surface area contributed by atoms with Crippen LogP contribution in [-0.4, -0.2) is 47.0 Å². The summed E-state index contributed by atoms with van der Waals surface area (Å²) in [6.07, 6.45) is 1.86. The van der Waals surface area contributed by atoms with E-state index >= 15 is 0 Å². The van der Waals surface area contributed by atoms with Crippen LogP contribution in [0.1, 0.15) is 5.69 Å². The van der Waals surface area contributed by atoms with Crippen LogP contribution >= 0.6 is 0 Å². The number of aryl methyl sites for hydroxylation is 1. The van der Waals surface area contributed by atoms with Gasteiger partial charge < -0.3 is 15.0 Å². The molecule has 0 radical (unpaired) electrons. The lowest BCUT2D eigenvalue weighted by Gasteiger charge is -2.26. The molecule has 6 nitrogen and oxygen atoms in total. The number of carbonyl (C=O) groups excluding carboxylic acids is 1. The van der Waals surface area contributed by atoms with E-state index in [-0.39, 0.29) is 6.03 Å². The van der Waals surface area contributed by atoms with E-state index in [1.54, 1.807) is 9.58 Å². The SMILES string of the molecule is Cn1ccc(CNC(=O)N2CCOCC2)n1. The lowest BCUT2D eigenvalue weighted by molar-refractivity contribution is 0.0531. The van der Waals surface area contributed by atoms with Crippen LogP contribution in [0.4, 0.5) is 4.79 Å². The van der Waals surface area contributed by atoms with Crippen LogP contribution < -0.4 is 5.32 Å².